The molecule has 0 radical (unpaired) electrons. The molecule has 30 heavy (non-hydrogen) atoms. The molecule has 1 saturated carbocycles. The zero-order valence-electron chi connectivity index (χ0n) is 17.5. The number of nitrogens with zero attached hydrogens (tertiary/aromatic N) is 1. The van der Waals surface area contributed by atoms with E-state index >= 15 is 0 Å². The van der Waals surface area contributed by atoms with Gasteiger partial charge in [0.05, 0.1) is 31.3 Å². The molecule has 2 aromatic rings. The molecule has 2 aromatic heterocycles. The summed E-state index contributed by atoms with van der Waals surface area (Å²) in [5, 5.41) is 0. The molecule has 1 aliphatic carbocycles. The number of nitrogens with one attached hydrogen (secondary N) is 1. The van der Waals surface area contributed by atoms with Crippen LogP contribution in [0.1, 0.15) is 61.1 Å². The van der Waals surface area contributed by atoms with Gasteiger partial charge in [-0.2, -0.15) is 0 Å². The van der Waals surface area contributed by atoms with Crippen molar-refractivity contribution in [1.82, 2.24) is 9.29 Å². The quantitative estimate of drug-likeness (QED) is 0.755. The monoisotopic (exact) mass is 434 g/mol. The summed E-state index contributed by atoms with van der Waals surface area (Å²) in [6.45, 7) is 2.11. The number of aromatic nitrogens is 1. The predicted molar refractivity (Wildman–Crippen MR) is 114 cm³/mol. The minimum Gasteiger partial charge on any atom is -0.469 e. The van der Waals surface area contributed by atoms with Crippen molar-refractivity contribution in [3.63, 3.8) is 0 Å². The third-order valence-electron chi connectivity index (χ3n) is 6.39. The summed E-state index contributed by atoms with van der Waals surface area (Å²) in [6.07, 6.45) is 8.16. The molecule has 2 unspecified atom stereocenters. The first-order valence-electron chi connectivity index (χ1n) is 10.6. The van der Waals surface area contributed by atoms with E-state index in [2.05, 4.69) is 4.72 Å². The largest absolute Gasteiger partial charge is 0.469 e. The zero-order valence-corrected chi connectivity index (χ0v) is 18.4. The van der Waals surface area contributed by atoms with Gasteiger partial charge in [-0.25, -0.2) is 13.1 Å². The van der Waals surface area contributed by atoms with Gasteiger partial charge < -0.3 is 13.7 Å². The van der Waals surface area contributed by atoms with Gasteiger partial charge in [0.1, 0.15) is 5.76 Å². The van der Waals surface area contributed by atoms with Gasteiger partial charge in [0, 0.05) is 23.2 Å². The molecule has 1 aliphatic heterocycles. The molecule has 0 spiro atoms. The highest BCUT2D eigenvalue weighted by molar-refractivity contribution is 7.88. The van der Waals surface area contributed by atoms with E-state index in [1.165, 1.54) is 0 Å². The Morgan fingerprint density at radius 1 is 1.17 bits per heavy atom. The number of hydrogen-bond acceptors (Lipinski definition) is 5. The van der Waals surface area contributed by atoms with Gasteiger partial charge in [0.2, 0.25) is 10.0 Å². The molecule has 2 atom stereocenters. The molecule has 4 rings (SSSR count). The smallest absolute Gasteiger partial charge is 0.254 e. The van der Waals surface area contributed by atoms with Gasteiger partial charge in [0.15, 0.2) is 0 Å². The van der Waals surface area contributed by atoms with Crippen LogP contribution in [0.2, 0.25) is 0 Å². The lowest BCUT2D eigenvalue weighted by Gasteiger charge is -2.37. The average molecular weight is 435 g/mol. The Morgan fingerprint density at radius 2 is 1.93 bits per heavy atom. The summed E-state index contributed by atoms with van der Waals surface area (Å²) in [6, 6.07) is 7.06. The molecular weight excluding hydrogens is 404 g/mol. The maximum Gasteiger partial charge on any atom is 0.254 e. The van der Waals surface area contributed by atoms with Crippen LogP contribution in [0.4, 0.5) is 0 Å². The number of furan rings is 1. The second-order valence-corrected chi connectivity index (χ2v) is 10.4. The van der Waals surface area contributed by atoms with Crippen LogP contribution in [0.15, 0.2) is 39.7 Å². The first-order valence-corrected chi connectivity index (χ1v) is 12.5. The Balaban J connectivity index is 1.48. The summed E-state index contributed by atoms with van der Waals surface area (Å²) in [7, 11) is -3.39. The number of sulfonamides is 1. The van der Waals surface area contributed by atoms with Gasteiger partial charge in [0.25, 0.3) is 5.56 Å². The minimum atomic E-state index is -3.39. The van der Waals surface area contributed by atoms with Crippen LogP contribution in [0.25, 0.3) is 0 Å². The van der Waals surface area contributed by atoms with E-state index in [0.717, 1.165) is 43.4 Å². The van der Waals surface area contributed by atoms with E-state index in [0.29, 0.717) is 30.9 Å². The Kier molecular flexibility index (Phi) is 6.18. The zero-order chi connectivity index (χ0) is 21.3. The predicted octanol–water partition coefficient (Wildman–Crippen LogP) is 2.90. The summed E-state index contributed by atoms with van der Waals surface area (Å²) >= 11 is 0. The number of rotatable bonds is 6. The minimum absolute atomic E-state index is 0.0670. The van der Waals surface area contributed by atoms with Gasteiger partial charge in [-0.3, -0.25) is 4.79 Å². The maximum absolute atomic E-state index is 12.9. The van der Waals surface area contributed by atoms with E-state index in [1.54, 1.807) is 17.8 Å². The Morgan fingerprint density at radius 3 is 2.60 bits per heavy atom. The molecule has 0 saturated heterocycles. The fourth-order valence-electron chi connectivity index (χ4n) is 4.81. The van der Waals surface area contributed by atoms with Crippen molar-refractivity contribution in [3.8, 4) is 0 Å². The number of hydrogen-bond donors (Lipinski definition) is 1. The van der Waals surface area contributed by atoms with Crippen LogP contribution >= 0.6 is 0 Å². The lowest BCUT2D eigenvalue weighted by Crippen LogP contribution is -2.49. The number of aryl methyl sites for hydroxylation is 2. The normalized spacial score (nSPS) is 27.0. The van der Waals surface area contributed by atoms with E-state index in [9.17, 15) is 13.2 Å². The highest BCUT2D eigenvalue weighted by atomic mass is 32.2. The maximum atomic E-state index is 12.9. The first-order chi connectivity index (χ1) is 14.3. The summed E-state index contributed by atoms with van der Waals surface area (Å²) < 4.78 is 40.1. The molecule has 1 fully saturated rings. The molecule has 164 valence electrons. The topological polar surface area (TPSA) is 90.5 Å². The van der Waals surface area contributed by atoms with Crippen molar-refractivity contribution in [2.75, 3.05) is 12.9 Å². The van der Waals surface area contributed by atoms with Crippen molar-refractivity contribution >= 4 is 10.0 Å². The molecule has 8 heteroatoms. The van der Waals surface area contributed by atoms with Gasteiger partial charge in [-0.05, 0) is 63.6 Å². The molecule has 0 bridgehead atoms. The van der Waals surface area contributed by atoms with Crippen molar-refractivity contribution in [1.29, 1.82) is 0 Å². The number of pyridine rings is 1. The lowest BCUT2D eigenvalue weighted by atomic mass is 9.86. The van der Waals surface area contributed by atoms with E-state index in [4.69, 9.17) is 9.15 Å². The third kappa shape index (κ3) is 4.71. The SMILES string of the molecule is Cc1ccc2n(c1=O)C(COC1CCC(c3ccco3)CC1)C(NS(C)(=O)=O)CC2. The van der Waals surface area contributed by atoms with Crippen molar-refractivity contribution < 1.29 is 17.6 Å². The van der Waals surface area contributed by atoms with Gasteiger partial charge in [-0.1, -0.05) is 6.07 Å². The third-order valence-corrected chi connectivity index (χ3v) is 7.12. The van der Waals surface area contributed by atoms with E-state index < -0.39 is 10.0 Å². The standard InChI is InChI=1S/C22H30N2O5S/c1-15-5-8-17-9-12-19(23-30(2,26)27)20(24(17)22(15)25)14-29-18-10-6-16(7-11-18)21-4-3-13-28-21/h3-5,8,13,16,18-20,23H,6-7,9-12,14H2,1-2H3. The highest BCUT2D eigenvalue weighted by Crippen LogP contribution is 2.35. The van der Waals surface area contributed by atoms with Crippen molar-refractivity contribution in [3.05, 3.63) is 57.9 Å². The molecule has 0 aromatic carbocycles. The number of ether oxygens (including phenoxy) is 1. The summed E-state index contributed by atoms with van der Waals surface area (Å²) in [4.78, 5) is 12.9. The second kappa shape index (κ2) is 8.69. The first kappa shape index (κ1) is 21.3. The van der Waals surface area contributed by atoms with Crippen LogP contribution in [-0.2, 0) is 21.2 Å². The van der Waals surface area contributed by atoms with Gasteiger partial charge >= 0.3 is 0 Å². The van der Waals surface area contributed by atoms with Crippen LogP contribution < -0.4 is 10.3 Å². The number of fused-ring (bicyclic) bond motifs is 1. The lowest BCUT2D eigenvalue weighted by molar-refractivity contribution is -0.00262. The Labute approximate surface area is 177 Å². The summed E-state index contributed by atoms with van der Waals surface area (Å²) in [5.74, 6) is 1.47. The van der Waals surface area contributed by atoms with E-state index in [1.807, 2.05) is 24.3 Å². The van der Waals surface area contributed by atoms with Crippen LogP contribution in [0, 0.1) is 6.92 Å². The fourth-order valence-corrected chi connectivity index (χ4v) is 5.64. The van der Waals surface area contributed by atoms with Crippen LogP contribution in [0.3, 0.4) is 0 Å². The molecule has 3 heterocycles. The molecule has 7 nitrogen and oxygen atoms in total. The summed E-state index contributed by atoms with van der Waals surface area (Å²) in [5.41, 5.74) is 1.53. The fraction of sp³-hybridized carbons (Fsp3) is 0.591. The molecular formula is C22H30N2O5S. The van der Waals surface area contributed by atoms with Crippen molar-refractivity contribution in [2.45, 2.75) is 69.6 Å². The molecule has 0 amide bonds. The second-order valence-electron chi connectivity index (χ2n) is 8.61. The average Bonchev–Trinajstić information content (AvgIpc) is 3.24. The molecule has 2 aliphatic rings. The molecule has 1 N–H and O–H groups in total. The Bertz CT molecular complexity index is 1020. The van der Waals surface area contributed by atoms with Gasteiger partial charge in [-0.15, -0.1) is 0 Å². The van der Waals surface area contributed by atoms with Crippen molar-refractivity contribution in [2.24, 2.45) is 0 Å². The van der Waals surface area contributed by atoms with E-state index in [-0.39, 0.29) is 23.7 Å². The van der Waals surface area contributed by atoms with Crippen LogP contribution in [-0.4, -0.2) is 38.0 Å². The Hall–Kier alpha value is -1.90. The van der Waals surface area contributed by atoms with Crippen LogP contribution in [0.5, 0.6) is 0 Å². The highest BCUT2D eigenvalue weighted by Gasteiger charge is 2.34.